The molecule has 0 aromatic heterocycles. The molecule has 0 heterocycles. The second kappa shape index (κ2) is 23.6. The number of carbonyl (C=O) groups excluding carboxylic acids is 2. The molecule has 0 bridgehead atoms. The van der Waals surface area contributed by atoms with Crippen LogP contribution < -0.4 is 0 Å². The van der Waals surface area contributed by atoms with Gasteiger partial charge in [-0.2, -0.15) is 6.08 Å². The van der Waals surface area contributed by atoms with Crippen molar-refractivity contribution in [1.29, 1.82) is 0 Å². The van der Waals surface area contributed by atoms with Crippen LogP contribution in [0.3, 0.4) is 0 Å². The van der Waals surface area contributed by atoms with Gasteiger partial charge in [-0.3, -0.25) is 6.08 Å². The predicted octanol–water partition coefficient (Wildman–Crippen LogP) is 0.933. The third-order valence-corrected chi connectivity index (χ3v) is 0.586. The monoisotopic (exact) mass is 309 g/mol. The first kappa shape index (κ1) is 16.3. The maximum absolute atomic E-state index is 8.00. The molecule has 0 N–H and O–H groups in total. The summed E-state index contributed by atoms with van der Waals surface area (Å²) in [6.07, 6.45) is 10.0. The van der Waals surface area contributed by atoms with E-state index in [1.165, 1.54) is 0 Å². The molecular formula is C7H9O2W-. The molecule has 0 atom stereocenters. The molecule has 10 heavy (non-hydrogen) atoms. The van der Waals surface area contributed by atoms with Crippen molar-refractivity contribution >= 4 is 13.6 Å². The fourth-order valence-corrected chi connectivity index (χ4v) is 0.340. The minimum absolute atomic E-state index is 0. The molecule has 0 unspecified atom stereocenters. The van der Waals surface area contributed by atoms with Crippen molar-refractivity contribution in [2.75, 3.05) is 0 Å². The number of rotatable bonds is 0. The Hall–Kier alpha value is -0.492. The van der Waals surface area contributed by atoms with Crippen LogP contribution in [0.1, 0.15) is 6.42 Å². The van der Waals surface area contributed by atoms with Crippen LogP contribution in [0.15, 0.2) is 18.2 Å². The van der Waals surface area contributed by atoms with Gasteiger partial charge < -0.3 is 9.59 Å². The molecule has 1 rings (SSSR count). The third kappa shape index (κ3) is 15.6. The summed E-state index contributed by atoms with van der Waals surface area (Å²) in [5.41, 5.74) is 0. The smallest absolute Gasteiger partial charge is 0.106 e. The van der Waals surface area contributed by atoms with Crippen LogP contribution >= 0.6 is 0 Å². The zero-order valence-corrected chi connectivity index (χ0v) is 8.51. The predicted molar refractivity (Wildman–Crippen MR) is 35.8 cm³/mol. The second-order valence-electron chi connectivity index (χ2n) is 1.00. The first-order valence-corrected chi connectivity index (χ1v) is 2.29. The Morgan fingerprint density at radius 2 is 1.70 bits per heavy atom. The Balaban J connectivity index is -0.0000000875. The minimum atomic E-state index is 0. The molecule has 1 aliphatic carbocycles. The molecule has 1 aliphatic rings. The summed E-state index contributed by atoms with van der Waals surface area (Å²) in [5.74, 6) is 0. The maximum atomic E-state index is 8.00. The molecule has 0 radical (unpaired) electrons. The van der Waals surface area contributed by atoms with Crippen molar-refractivity contribution in [2.45, 2.75) is 6.42 Å². The summed E-state index contributed by atoms with van der Waals surface area (Å²) in [6.45, 7) is 4.00. The van der Waals surface area contributed by atoms with E-state index in [4.69, 9.17) is 9.59 Å². The van der Waals surface area contributed by atoms with Gasteiger partial charge in [0.1, 0.15) is 13.6 Å². The van der Waals surface area contributed by atoms with Gasteiger partial charge in [-0.15, -0.1) is 6.42 Å². The molecule has 3 heteroatoms. The second-order valence-corrected chi connectivity index (χ2v) is 1.00. The van der Waals surface area contributed by atoms with E-state index in [-0.39, 0.29) is 21.1 Å². The van der Waals surface area contributed by atoms with E-state index in [1.807, 2.05) is 25.7 Å². The van der Waals surface area contributed by atoms with E-state index < -0.39 is 0 Å². The van der Waals surface area contributed by atoms with Gasteiger partial charge in [0.2, 0.25) is 0 Å². The van der Waals surface area contributed by atoms with Crippen LogP contribution in [-0.2, 0) is 30.7 Å². The van der Waals surface area contributed by atoms with Crippen LogP contribution in [0.25, 0.3) is 0 Å². The molecule has 0 aromatic rings. The van der Waals surface area contributed by atoms with E-state index in [2.05, 4.69) is 12.2 Å². The molecular weight excluding hydrogens is 300 g/mol. The van der Waals surface area contributed by atoms with Gasteiger partial charge in [0.25, 0.3) is 0 Å². The molecule has 56 valence electrons. The van der Waals surface area contributed by atoms with E-state index in [0.29, 0.717) is 0 Å². The Morgan fingerprint density at radius 1 is 1.20 bits per heavy atom. The molecule has 0 fully saturated rings. The standard InChI is InChI=1S/C5H5.2CH2O.W/c1-2-4-5-3-1;2*1-2;/h1-3H,4H2;2*1H2;/q-1;;;. The number of hydrogen-bond donors (Lipinski definition) is 0. The zero-order valence-electron chi connectivity index (χ0n) is 5.58. The summed E-state index contributed by atoms with van der Waals surface area (Å²) in [4.78, 5) is 16.0. The maximum Gasteiger partial charge on any atom is 0.106 e. The quantitative estimate of drug-likeness (QED) is 0.624. The molecule has 0 spiro atoms. The van der Waals surface area contributed by atoms with Crippen molar-refractivity contribution in [3.8, 4) is 0 Å². The van der Waals surface area contributed by atoms with Crippen LogP contribution in [0, 0.1) is 6.08 Å². The summed E-state index contributed by atoms with van der Waals surface area (Å²) in [7, 11) is 0. The first-order chi connectivity index (χ1) is 4.50. The van der Waals surface area contributed by atoms with Gasteiger partial charge in [0.05, 0.1) is 0 Å². The van der Waals surface area contributed by atoms with Gasteiger partial charge >= 0.3 is 0 Å². The molecule has 0 saturated heterocycles. The Morgan fingerprint density at radius 3 is 1.80 bits per heavy atom. The Labute approximate surface area is 75.3 Å². The zero-order chi connectivity index (χ0) is 7.54. The van der Waals surface area contributed by atoms with Crippen molar-refractivity contribution in [3.63, 3.8) is 0 Å². The van der Waals surface area contributed by atoms with Crippen molar-refractivity contribution in [1.82, 2.24) is 0 Å². The van der Waals surface area contributed by atoms with E-state index in [1.54, 1.807) is 0 Å². The first-order valence-electron chi connectivity index (χ1n) is 2.29. The van der Waals surface area contributed by atoms with Crippen LogP contribution in [-0.4, -0.2) is 13.6 Å². The van der Waals surface area contributed by atoms with Crippen molar-refractivity contribution < 1.29 is 30.7 Å². The Bertz CT molecular complexity index is 87.8. The summed E-state index contributed by atoms with van der Waals surface area (Å²) < 4.78 is 0. The summed E-state index contributed by atoms with van der Waals surface area (Å²) in [6, 6.07) is 0. The molecule has 0 aliphatic heterocycles. The Kier molecular flexibility index (Phi) is 38.3. The minimum Gasteiger partial charge on any atom is -0.307 e. The van der Waals surface area contributed by atoms with Gasteiger partial charge in [0.15, 0.2) is 0 Å². The van der Waals surface area contributed by atoms with Crippen LogP contribution in [0.5, 0.6) is 0 Å². The van der Waals surface area contributed by atoms with Gasteiger partial charge in [-0.05, 0) is 0 Å². The number of allylic oxidation sites excluding steroid dienone is 4. The summed E-state index contributed by atoms with van der Waals surface area (Å²) in [5, 5.41) is 0. The van der Waals surface area contributed by atoms with Crippen molar-refractivity contribution in [3.05, 3.63) is 24.3 Å². The topological polar surface area (TPSA) is 34.1 Å². The van der Waals surface area contributed by atoms with Crippen molar-refractivity contribution in [2.24, 2.45) is 0 Å². The van der Waals surface area contributed by atoms with Gasteiger partial charge in [0, 0.05) is 21.1 Å². The molecule has 2 nitrogen and oxygen atoms in total. The SMILES string of the molecule is C=O.C=O.[C-]1=CC=CC1.[W]. The molecule has 0 aromatic carbocycles. The molecule has 0 amide bonds. The fourth-order valence-electron chi connectivity index (χ4n) is 0.340. The normalized spacial score (nSPS) is 9.60. The summed E-state index contributed by atoms with van der Waals surface area (Å²) >= 11 is 0. The van der Waals surface area contributed by atoms with Gasteiger partial charge in [-0.1, -0.05) is 0 Å². The average Bonchev–Trinajstić information content (AvgIpc) is 2.51. The number of hydrogen-bond acceptors (Lipinski definition) is 2. The number of carbonyl (C=O) groups is 2. The largest absolute Gasteiger partial charge is 0.307 e. The van der Waals surface area contributed by atoms with E-state index in [9.17, 15) is 0 Å². The van der Waals surface area contributed by atoms with Crippen LogP contribution in [0.2, 0.25) is 0 Å². The molecule has 0 saturated carbocycles. The van der Waals surface area contributed by atoms with Gasteiger partial charge in [-0.25, -0.2) is 12.2 Å². The van der Waals surface area contributed by atoms with Crippen LogP contribution in [0.4, 0.5) is 0 Å². The van der Waals surface area contributed by atoms with E-state index >= 15 is 0 Å². The average molecular weight is 309 g/mol. The fraction of sp³-hybridized carbons (Fsp3) is 0.143. The van der Waals surface area contributed by atoms with E-state index in [0.717, 1.165) is 6.42 Å². The third-order valence-electron chi connectivity index (χ3n) is 0.586.